The standard InChI is InChI=1S/C13H15Cl2N3O2S/c1-18-6-4-13(9-16,5-7-18)17-21(19,20)12-8-10(14)2-3-11(12)15/h2-3,8,17H,4-7H2,1H3. The molecule has 5 nitrogen and oxygen atoms in total. The summed E-state index contributed by atoms with van der Waals surface area (Å²) in [5.74, 6) is 0. The highest BCUT2D eigenvalue weighted by atomic mass is 35.5. The molecule has 1 heterocycles. The van der Waals surface area contributed by atoms with Crippen molar-refractivity contribution in [2.45, 2.75) is 23.3 Å². The molecule has 0 spiro atoms. The van der Waals surface area contributed by atoms with Crippen molar-refractivity contribution in [1.82, 2.24) is 9.62 Å². The van der Waals surface area contributed by atoms with Crippen LogP contribution in [-0.2, 0) is 10.0 Å². The summed E-state index contributed by atoms with van der Waals surface area (Å²) in [6.45, 7) is 1.30. The molecule has 0 saturated carbocycles. The molecule has 114 valence electrons. The SMILES string of the molecule is CN1CCC(C#N)(NS(=O)(=O)c2cc(Cl)ccc2Cl)CC1. The molecular weight excluding hydrogens is 333 g/mol. The van der Waals surface area contributed by atoms with Crippen LogP contribution in [0.1, 0.15) is 12.8 Å². The van der Waals surface area contributed by atoms with Gasteiger partial charge in [0, 0.05) is 18.1 Å². The Morgan fingerprint density at radius 1 is 1.33 bits per heavy atom. The Balaban J connectivity index is 2.32. The molecule has 1 aliphatic rings. The van der Waals surface area contributed by atoms with Crippen LogP contribution in [0.15, 0.2) is 23.1 Å². The molecule has 21 heavy (non-hydrogen) atoms. The number of halogens is 2. The monoisotopic (exact) mass is 347 g/mol. The third kappa shape index (κ3) is 3.68. The molecule has 1 aromatic rings. The summed E-state index contributed by atoms with van der Waals surface area (Å²) >= 11 is 11.8. The van der Waals surface area contributed by atoms with Gasteiger partial charge in [0.15, 0.2) is 0 Å². The largest absolute Gasteiger partial charge is 0.306 e. The highest BCUT2D eigenvalue weighted by molar-refractivity contribution is 7.89. The maximum atomic E-state index is 12.5. The summed E-state index contributed by atoms with van der Waals surface area (Å²) in [6.07, 6.45) is 0.856. The Labute approximate surface area is 134 Å². The Bertz CT molecular complexity index is 677. The Morgan fingerprint density at radius 2 is 1.95 bits per heavy atom. The predicted molar refractivity (Wildman–Crippen MR) is 81.9 cm³/mol. The first-order valence-electron chi connectivity index (χ1n) is 6.37. The van der Waals surface area contributed by atoms with Crippen molar-refractivity contribution in [1.29, 1.82) is 5.26 Å². The fourth-order valence-electron chi connectivity index (χ4n) is 2.23. The average Bonchev–Trinajstić information content (AvgIpc) is 2.44. The number of piperidine rings is 1. The van der Waals surface area contributed by atoms with E-state index in [0.717, 1.165) is 0 Å². The molecule has 1 aliphatic heterocycles. The van der Waals surface area contributed by atoms with Crippen molar-refractivity contribution in [3.05, 3.63) is 28.2 Å². The summed E-state index contributed by atoms with van der Waals surface area (Å²) in [7, 11) is -1.97. The predicted octanol–water partition coefficient (Wildman–Crippen LogP) is 2.26. The minimum Gasteiger partial charge on any atom is -0.306 e. The van der Waals surface area contributed by atoms with Crippen LogP contribution in [-0.4, -0.2) is 39.0 Å². The first kappa shape index (κ1) is 16.5. The lowest BCUT2D eigenvalue weighted by Gasteiger charge is -2.35. The zero-order chi connectivity index (χ0) is 15.7. The van der Waals surface area contributed by atoms with Crippen LogP contribution in [0.4, 0.5) is 0 Å². The van der Waals surface area contributed by atoms with Crippen LogP contribution in [0.25, 0.3) is 0 Å². The molecule has 1 fully saturated rings. The summed E-state index contributed by atoms with van der Waals surface area (Å²) in [4.78, 5) is 1.95. The van der Waals surface area contributed by atoms with Crippen molar-refractivity contribution in [3.8, 4) is 6.07 Å². The highest BCUT2D eigenvalue weighted by Gasteiger charge is 2.38. The van der Waals surface area contributed by atoms with Crippen LogP contribution < -0.4 is 4.72 Å². The van der Waals surface area contributed by atoms with Crippen molar-refractivity contribution in [2.24, 2.45) is 0 Å². The minimum atomic E-state index is -3.91. The number of hydrogen-bond acceptors (Lipinski definition) is 4. The van der Waals surface area contributed by atoms with Gasteiger partial charge in [0.1, 0.15) is 10.4 Å². The van der Waals surface area contributed by atoms with Crippen LogP contribution in [0, 0.1) is 11.3 Å². The second-order valence-electron chi connectivity index (χ2n) is 5.18. The third-order valence-corrected chi connectivity index (χ3v) is 5.82. The van der Waals surface area contributed by atoms with E-state index in [-0.39, 0.29) is 14.9 Å². The van der Waals surface area contributed by atoms with Gasteiger partial charge in [-0.3, -0.25) is 0 Å². The fourth-order valence-corrected chi connectivity index (χ4v) is 4.37. The van der Waals surface area contributed by atoms with Gasteiger partial charge >= 0.3 is 0 Å². The smallest absolute Gasteiger partial charge is 0.243 e. The second kappa shape index (κ2) is 6.11. The van der Waals surface area contributed by atoms with Crippen molar-refractivity contribution in [2.75, 3.05) is 20.1 Å². The summed E-state index contributed by atoms with van der Waals surface area (Å²) in [6, 6.07) is 6.32. The van der Waals surface area contributed by atoms with Crippen LogP contribution >= 0.6 is 23.2 Å². The van der Waals surface area contributed by atoms with E-state index in [1.165, 1.54) is 18.2 Å². The van der Waals surface area contributed by atoms with Gasteiger partial charge in [0.2, 0.25) is 10.0 Å². The Morgan fingerprint density at radius 3 is 2.52 bits per heavy atom. The van der Waals surface area contributed by atoms with Crippen LogP contribution in [0.2, 0.25) is 10.0 Å². The van der Waals surface area contributed by atoms with E-state index < -0.39 is 15.6 Å². The zero-order valence-electron chi connectivity index (χ0n) is 11.4. The number of benzene rings is 1. The molecule has 1 saturated heterocycles. The number of rotatable bonds is 3. The molecule has 0 radical (unpaired) electrons. The third-order valence-electron chi connectivity index (χ3n) is 3.57. The van der Waals surface area contributed by atoms with Gasteiger partial charge in [0.25, 0.3) is 0 Å². The minimum absolute atomic E-state index is 0.0768. The number of nitriles is 1. The lowest BCUT2D eigenvalue weighted by molar-refractivity contribution is 0.213. The molecule has 2 rings (SSSR count). The molecule has 1 aromatic carbocycles. The summed E-state index contributed by atoms with van der Waals surface area (Å²) in [5, 5.41) is 9.76. The summed E-state index contributed by atoms with van der Waals surface area (Å²) < 4.78 is 27.5. The van der Waals surface area contributed by atoms with Crippen LogP contribution in [0.5, 0.6) is 0 Å². The highest BCUT2D eigenvalue weighted by Crippen LogP contribution is 2.28. The van der Waals surface area contributed by atoms with Gasteiger partial charge in [-0.15, -0.1) is 0 Å². The molecule has 8 heteroatoms. The van der Waals surface area contributed by atoms with E-state index in [9.17, 15) is 13.7 Å². The van der Waals surface area contributed by atoms with E-state index in [1.54, 1.807) is 0 Å². The number of hydrogen-bond donors (Lipinski definition) is 1. The van der Waals surface area contributed by atoms with Gasteiger partial charge in [-0.2, -0.15) is 9.98 Å². The molecule has 0 atom stereocenters. The van der Waals surface area contributed by atoms with Gasteiger partial charge in [0.05, 0.1) is 11.1 Å². The zero-order valence-corrected chi connectivity index (χ0v) is 13.8. The maximum absolute atomic E-state index is 12.5. The quantitative estimate of drug-likeness (QED) is 0.909. The van der Waals surface area contributed by atoms with E-state index in [1.807, 2.05) is 7.05 Å². The van der Waals surface area contributed by atoms with Crippen molar-refractivity contribution in [3.63, 3.8) is 0 Å². The van der Waals surface area contributed by atoms with Gasteiger partial charge in [-0.05, 0) is 38.1 Å². The molecule has 1 N–H and O–H groups in total. The normalized spacial score (nSPS) is 19.1. The first-order chi connectivity index (χ1) is 9.78. The summed E-state index contributed by atoms with van der Waals surface area (Å²) in [5.41, 5.74) is -1.10. The van der Waals surface area contributed by atoms with Crippen molar-refractivity contribution >= 4 is 33.2 Å². The molecular formula is C13H15Cl2N3O2S. The lowest BCUT2D eigenvalue weighted by Crippen LogP contribution is -2.53. The Kier molecular flexibility index (Phi) is 4.81. The lowest BCUT2D eigenvalue weighted by atomic mass is 9.91. The van der Waals surface area contributed by atoms with Crippen molar-refractivity contribution < 1.29 is 8.42 Å². The fraction of sp³-hybridized carbons (Fsp3) is 0.462. The second-order valence-corrected chi connectivity index (χ2v) is 7.67. The van der Waals surface area contributed by atoms with E-state index >= 15 is 0 Å². The van der Waals surface area contributed by atoms with Crippen LogP contribution in [0.3, 0.4) is 0 Å². The van der Waals surface area contributed by atoms with Gasteiger partial charge < -0.3 is 4.90 Å². The number of sulfonamides is 1. The molecule has 0 bridgehead atoms. The maximum Gasteiger partial charge on any atom is 0.243 e. The number of likely N-dealkylation sites (tertiary alicyclic amines) is 1. The Hall–Kier alpha value is -0.840. The van der Waals surface area contributed by atoms with E-state index in [4.69, 9.17) is 23.2 Å². The van der Waals surface area contributed by atoms with E-state index in [0.29, 0.717) is 25.9 Å². The molecule has 0 aliphatic carbocycles. The van der Waals surface area contributed by atoms with Gasteiger partial charge in [-0.25, -0.2) is 8.42 Å². The van der Waals surface area contributed by atoms with E-state index in [2.05, 4.69) is 15.7 Å². The molecule has 0 aromatic heterocycles. The molecule has 0 unspecified atom stereocenters. The van der Waals surface area contributed by atoms with Gasteiger partial charge in [-0.1, -0.05) is 23.2 Å². The topological polar surface area (TPSA) is 73.2 Å². The average molecular weight is 348 g/mol. The molecule has 0 amide bonds. The first-order valence-corrected chi connectivity index (χ1v) is 8.61. The number of nitrogens with one attached hydrogen (secondary N) is 1. The number of nitrogens with zero attached hydrogens (tertiary/aromatic N) is 2.